The smallest absolute Gasteiger partial charge is 0.253 e. The van der Waals surface area contributed by atoms with Gasteiger partial charge in [0.1, 0.15) is 12.4 Å². The third-order valence-electron chi connectivity index (χ3n) is 5.19. The minimum absolute atomic E-state index is 0.0385. The molecular weight excluding hydrogens is 372 g/mol. The molecule has 2 aliphatic heterocycles. The molecule has 0 atom stereocenters. The van der Waals surface area contributed by atoms with E-state index in [0.717, 1.165) is 42.5 Å². The molecule has 4 rings (SSSR count). The van der Waals surface area contributed by atoms with Gasteiger partial charge in [-0.2, -0.15) is 0 Å². The zero-order valence-corrected chi connectivity index (χ0v) is 16.7. The molecule has 29 heavy (non-hydrogen) atoms. The Morgan fingerprint density at radius 3 is 2.69 bits per heavy atom. The Balaban J connectivity index is 1.32. The van der Waals surface area contributed by atoms with Crippen molar-refractivity contribution in [2.75, 3.05) is 58.0 Å². The molecule has 2 aromatic rings. The van der Waals surface area contributed by atoms with Crippen LogP contribution in [0.5, 0.6) is 5.75 Å². The zero-order chi connectivity index (χ0) is 20.1. The number of fused-ring (bicyclic) bond motifs is 1. The van der Waals surface area contributed by atoms with Gasteiger partial charge in [-0.3, -0.25) is 4.79 Å². The molecule has 8 nitrogen and oxygen atoms in total. The predicted octanol–water partition coefficient (Wildman–Crippen LogP) is 1.54. The van der Waals surface area contributed by atoms with Crippen molar-refractivity contribution in [2.45, 2.75) is 13.0 Å². The number of hydrogen-bond donors (Lipinski definition) is 0. The molecule has 0 saturated carbocycles. The summed E-state index contributed by atoms with van der Waals surface area (Å²) in [5, 5.41) is 0. The molecule has 3 heterocycles. The highest BCUT2D eigenvalue weighted by atomic mass is 16.5. The van der Waals surface area contributed by atoms with Crippen molar-refractivity contribution in [3.05, 3.63) is 47.3 Å². The van der Waals surface area contributed by atoms with E-state index in [1.54, 1.807) is 7.11 Å². The van der Waals surface area contributed by atoms with Crippen LogP contribution in [-0.4, -0.2) is 73.9 Å². The van der Waals surface area contributed by atoms with Crippen LogP contribution in [0.1, 0.15) is 21.6 Å². The number of methoxy groups -OCH3 is 1. The quantitative estimate of drug-likeness (QED) is 0.683. The fourth-order valence-corrected chi connectivity index (χ4v) is 3.50. The maximum atomic E-state index is 12.8. The lowest BCUT2D eigenvalue weighted by Crippen LogP contribution is -2.49. The first-order chi connectivity index (χ1) is 14.2. The summed E-state index contributed by atoms with van der Waals surface area (Å²) in [6.45, 7) is 5.06. The van der Waals surface area contributed by atoms with E-state index in [4.69, 9.17) is 19.2 Å². The van der Waals surface area contributed by atoms with Crippen LogP contribution in [0, 0.1) is 0 Å². The summed E-state index contributed by atoms with van der Waals surface area (Å²) in [7, 11) is 1.64. The maximum absolute atomic E-state index is 12.8. The van der Waals surface area contributed by atoms with Crippen LogP contribution in [0.3, 0.4) is 0 Å². The van der Waals surface area contributed by atoms with Crippen LogP contribution in [0.25, 0.3) is 0 Å². The number of carbonyl (C=O) groups is 1. The van der Waals surface area contributed by atoms with E-state index in [0.29, 0.717) is 45.1 Å². The molecule has 0 spiro atoms. The lowest BCUT2D eigenvalue weighted by molar-refractivity contribution is 0.0746. The molecule has 1 amide bonds. The molecule has 0 N–H and O–H groups in total. The van der Waals surface area contributed by atoms with Gasteiger partial charge in [0.2, 0.25) is 5.95 Å². The van der Waals surface area contributed by atoms with Crippen molar-refractivity contribution in [1.82, 2.24) is 14.9 Å². The van der Waals surface area contributed by atoms with Crippen LogP contribution < -0.4 is 9.64 Å². The second-order valence-corrected chi connectivity index (χ2v) is 7.09. The average molecular weight is 398 g/mol. The number of aromatic nitrogens is 2. The number of ether oxygens (including phenoxy) is 3. The molecule has 2 aliphatic rings. The highest BCUT2D eigenvalue weighted by molar-refractivity contribution is 5.94. The van der Waals surface area contributed by atoms with Crippen molar-refractivity contribution in [1.29, 1.82) is 0 Å². The van der Waals surface area contributed by atoms with E-state index in [1.165, 1.54) is 0 Å². The van der Waals surface area contributed by atoms with Crippen LogP contribution in [0.4, 0.5) is 5.95 Å². The Labute approximate surface area is 170 Å². The van der Waals surface area contributed by atoms with Gasteiger partial charge >= 0.3 is 0 Å². The fraction of sp³-hybridized carbons (Fsp3) is 0.476. The average Bonchev–Trinajstić information content (AvgIpc) is 2.79. The SMILES string of the molecule is COCCOc1ccc(C(=O)N2CCN(c3ncc4c(n3)CCOC4)CC2)cc1. The molecule has 0 radical (unpaired) electrons. The van der Waals surface area contributed by atoms with Crippen LogP contribution in [-0.2, 0) is 22.5 Å². The number of amides is 1. The predicted molar refractivity (Wildman–Crippen MR) is 107 cm³/mol. The van der Waals surface area contributed by atoms with Crippen molar-refractivity contribution >= 4 is 11.9 Å². The fourth-order valence-electron chi connectivity index (χ4n) is 3.50. The summed E-state index contributed by atoms with van der Waals surface area (Å²) >= 11 is 0. The van der Waals surface area contributed by atoms with Gasteiger partial charge in [-0.05, 0) is 24.3 Å². The van der Waals surface area contributed by atoms with Gasteiger partial charge in [-0.25, -0.2) is 9.97 Å². The number of nitrogens with zero attached hydrogens (tertiary/aromatic N) is 4. The highest BCUT2D eigenvalue weighted by Gasteiger charge is 2.24. The Kier molecular flexibility index (Phi) is 6.21. The molecule has 0 aliphatic carbocycles. The minimum atomic E-state index is 0.0385. The molecule has 0 bridgehead atoms. The number of hydrogen-bond acceptors (Lipinski definition) is 7. The van der Waals surface area contributed by atoms with E-state index in [1.807, 2.05) is 35.4 Å². The van der Waals surface area contributed by atoms with Crippen molar-refractivity contribution < 1.29 is 19.0 Å². The summed E-state index contributed by atoms with van der Waals surface area (Å²) in [5.74, 6) is 1.52. The summed E-state index contributed by atoms with van der Waals surface area (Å²) in [6.07, 6.45) is 2.69. The van der Waals surface area contributed by atoms with Crippen LogP contribution >= 0.6 is 0 Å². The number of rotatable bonds is 6. The van der Waals surface area contributed by atoms with Crippen molar-refractivity contribution in [3.63, 3.8) is 0 Å². The summed E-state index contributed by atoms with van der Waals surface area (Å²) in [4.78, 5) is 26.0. The van der Waals surface area contributed by atoms with Gasteiger partial charge in [-0.15, -0.1) is 0 Å². The minimum Gasteiger partial charge on any atom is -0.491 e. The normalized spacial score (nSPS) is 16.4. The molecule has 1 aromatic heterocycles. The van der Waals surface area contributed by atoms with Gasteiger partial charge in [0.05, 0.1) is 25.5 Å². The van der Waals surface area contributed by atoms with Gasteiger partial charge in [0, 0.05) is 57.0 Å². The lowest BCUT2D eigenvalue weighted by atomic mass is 10.1. The summed E-state index contributed by atoms with van der Waals surface area (Å²) in [5.41, 5.74) is 2.82. The third-order valence-corrected chi connectivity index (χ3v) is 5.19. The second kappa shape index (κ2) is 9.19. The first-order valence-corrected chi connectivity index (χ1v) is 9.93. The Morgan fingerprint density at radius 1 is 1.14 bits per heavy atom. The molecule has 0 unspecified atom stereocenters. The van der Waals surface area contributed by atoms with E-state index < -0.39 is 0 Å². The molecule has 1 saturated heterocycles. The molecular formula is C21H26N4O4. The molecule has 1 aromatic carbocycles. The van der Waals surface area contributed by atoms with E-state index in [2.05, 4.69) is 9.88 Å². The highest BCUT2D eigenvalue weighted by Crippen LogP contribution is 2.19. The van der Waals surface area contributed by atoms with Crippen LogP contribution in [0.15, 0.2) is 30.5 Å². The van der Waals surface area contributed by atoms with E-state index in [-0.39, 0.29) is 5.91 Å². The largest absolute Gasteiger partial charge is 0.491 e. The monoisotopic (exact) mass is 398 g/mol. The Morgan fingerprint density at radius 2 is 1.93 bits per heavy atom. The topological polar surface area (TPSA) is 77.0 Å². The molecule has 1 fully saturated rings. The lowest BCUT2D eigenvalue weighted by Gasteiger charge is -2.35. The summed E-state index contributed by atoms with van der Waals surface area (Å²) < 4.78 is 16.0. The third kappa shape index (κ3) is 4.65. The zero-order valence-electron chi connectivity index (χ0n) is 16.7. The first-order valence-electron chi connectivity index (χ1n) is 9.93. The molecule has 154 valence electrons. The van der Waals surface area contributed by atoms with E-state index in [9.17, 15) is 4.79 Å². The Bertz CT molecular complexity index is 835. The van der Waals surface area contributed by atoms with Crippen LogP contribution in [0.2, 0.25) is 0 Å². The second-order valence-electron chi connectivity index (χ2n) is 7.09. The number of benzene rings is 1. The van der Waals surface area contributed by atoms with Gasteiger partial charge in [0.15, 0.2) is 0 Å². The Hall–Kier alpha value is -2.71. The number of anilines is 1. The number of piperazine rings is 1. The maximum Gasteiger partial charge on any atom is 0.253 e. The van der Waals surface area contributed by atoms with Crippen molar-refractivity contribution in [3.8, 4) is 5.75 Å². The first kappa shape index (κ1) is 19.6. The summed E-state index contributed by atoms with van der Waals surface area (Å²) in [6, 6.07) is 7.27. The molecule has 8 heteroatoms. The van der Waals surface area contributed by atoms with Gasteiger partial charge in [-0.1, -0.05) is 0 Å². The van der Waals surface area contributed by atoms with Gasteiger partial charge < -0.3 is 24.0 Å². The van der Waals surface area contributed by atoms with Crippen molar-refractivity contribution in [2.24, 2.45) is 0 Å². The van der Waals surface area contributed by atoms with E-state index >= 15 is 0 Å². The van der Waals surface area contributed by atoms with Gasteiger partial charge in [0.25, 0.3) is 5.91 Å². The number of carbonyl (C=O) groups excluding carboxylic acids is 1. The standard InChI is InChI=1S/C21H26N4O4/c1-27-12-13-29-18-4-2-16(3-5-18)20(26)24-7-9-25(10-8-24)21-22-14-17-15-28-11-6-19(17)23-21/h2-5,14H,6-13,15H2,1H3.